The summed E-state index contributed by atoms with van der Waals surface area (Å²) in [6, 6.07) is 13.2. The number of anilines is 1. The summed E-state index contributed by atoms with van der Waals surface area (Å²) in [5.74, 6) is 0.300. The van der Waals surface area contributed by atoms with Crippen LogP contribution in [0.5, 0.6) is 0 Å². The molecule has 146 valence electrons. The van der Waals surface area contributed by atoms with E-state index in [1.54, 1.807) is 29.5 Å². The fourth-order valence-electron chi connectivity index (χ4n) is 3.73. The lowest BCUT2D eigenvalue weighted by Gasteiger charge is -2.17. The van der Waals surface area contributed by atoms with Crippen molar-refractivity contribution in [3.05, 3.63) is 63.0 Å². The molecule has 0 saturated heterocycles. The maximum absolute atomic E-state index is 12.8. The van der Waals surface area contributed by atoms with E-state index in [9.17, 15) is 10.1 Å². The number of fused-ring (bicyclic) bond motifs is 2. The topological polar surface area (TPSA) is 64.9 Å². The van der Waals surface area contributed by atoms with E-state index >= 15 is 0 Å². The fraction of sp³-hybridized carbons (Fsp3) is 0.227. The van der Waals surface area contributed by atoms with Crippen molar-refractivity contribution in [3.63, 3.8) is 0 Å². The van der Waals surface area contributed by atoms with Gasteiger partial charge in [-0.15, -0.1) is 11.3 Å². The molecule has 4 rings (SSSR count). The van der Waals surface area contributed by atoms with E-state index in [4.69, 9.17) is 23.8 Å². The van der Waals surface area contributed by atoms with Gasteiger partial charge in [-0.05, 0) is 60.5 Å². The van der Waals surface area contributed by atoms with Gasteiger partial charge in [0.05, 0.1) is 5.56 Å². The summed E-state index contributed by atoms with van der Waals surface area (Å²) in [6.45, 7) is 2.23. The van der Waals surface area contributed by atoms with Gasteiger partial charge in [-0.25, -0.2) is 0 Å². The first-order chi connectivity index (χ1) is 14.0. The van der Waals surface area contributed by atoms with Crippen molar-refractivity contribution in [1.29, 1.82) is 5.26 Å². The van der Waals surface area contributed by atoms with Crippen molar-refractivity contribution in [1.82, 2.24) is 5.32 Å². The number of benzene rings is 2. The highest BCUT2D eigenvalue weighted by atomic mass is 35.5. The minimum Gasteiger partial charge on any atom is -0.323 e. The molecular formula is C22H18ClN3OS2. The van der Waals surface area contributed by atoms with Crippen LogP contribution in [0.25, 0.3) is 10.8 Å². The number of thiocarbonyl (C=S) groups is 1. The third-order valence-electron chi connectivity index (χ3n) is 5.19. The lowest BCUT2D eigenvalue weighted by Crippen LogP contribution is -2.34. The molecule has 0 fully saturated rings. The minimum absolute atomic E-state index is 0.178. The molecule has 4 nitrogen and oxygen atoms in total. The second-order valence-corrected chi connectivity index (χ2v) is 9.14. The van der Waals surface area contributed by atoms with Crippen LogP contribution < -0.4 is 10.6 Å². The molecule has 29 heavy (non-hydrogen) atoms. The van der Waals surface area contributed by atoms with Crippen LogP contribution in [0, 0.1) is 17.2 Å². The third kappa shape index (κ3) is 3.86. The molecule has 1 amide bonds. The van der Waals surface area contributed by atoms with E-state index in [-0.39, 0.29) is 11.0 Å². The lowest BCUT2D eigenvalue weighted by atomic mass is 9.89. The van der Waals surface area contributed by atoms with Gasteiger partial charge in [0.1, 0.15) is 11.1 Å². The molecule has 3 aromatic rings. The Kier molecular flexibility index (Phi) is 5.55. The van der Waals surface area contributed by atoms with E-state index in [2.05, 4.69) is 23.6 Å². The summed E-state index contributed by atoms with van der Waals surface area (Å²) in [6.07, 6.45) is 2.97. The quantitative estimate of drug-likeness (QED) is 0.504. The Morgan fingerprint density at radius 1 is 1.28 bits per heavy atom. The highest BCUT2D eigenvalue weighted by Crippen LogP contribution is 2.39. The number of amides is 1. The molecule has 2 N–H and O–H groups in total. The Morgan fingerprint density at radius 3 is 2.83 bits per heavy atom. The molecule has 0 radical (unpaired) electrons. The van der Waals surface area contributed by atoms with Gasteiger partial charge in [0.25, 0.3) is 5.91 Å². The standard InChI is InChI=1S/C22H18ClN3OS2/c1-12-8-9-15-17(11-24)21(29-19(15)10-12)26-22(28)25-20(27)16-6-2-5-14-13(16)4-3-7-18(14)23/h2-7,12H,8-10H2,1H3,(H2,25,26,27,28)/t12-/m1/s1. The van der Waals surface area contributed by atoms with Crippen LogP contribution in [0.3, 0.4) is 0 Å². The van der Waals surface area contributed by atoms with Crippen molar-refractivity contribution >= 4 is 61.9 Å². The Hall–Kier alpha value is -2.46. The Balaban J connectivity index is 1.55. The van der Waals surface area contributed by atoms with Crippen molar-refractivity contribution in [2.75, 3.05) is 5.32 Å². The molecule has 1 aliphatic carbocycles. The number of nitriles is 1. The maximum atomic E-state index is 12.8. The SMILES string of the molecule is C[C@@H]1CCc2c(sc(NC(=S)NC(=O)c3cccc4c(Cl)cccc34)c2C#N)C1. The van der Waals surface area contributed by atoms with E-state index in [1.807, 2.05) is 18.2 Å². The second-order valence-electron chi connectivity index (χ2n) is 7.22. The van der Waals surface area contributed by atoms with Crippen LogP contribution in [0.2, 0.25) is 5.02 Å². The molecular weight excluding hydrogens is 422 g/mol. The van der Waals surface area contributed by atoms with Gasteiger partial charge in [-0.1, -0.05) is 42.8 Å². The lowest BCUT2D eigenvalue weighted by molar-refractivity contribution is 0.0979. The summed E-state index contributed by atoms with van der Waals surface area (Å²) in [7, 11) is 0. The summed E-state index contributed by atoms with van der Waals surface area (Å²) in [5.41, 5.74) is 2.26. The van der Waals surface area contributed by atoms with Crippen LogP contribution in [0.4, 0.5) is 5.00 Å². The van der Waals surface area contributed by atoms with Gasteiger partial charge in [-0.3, -0.25) is 10.1 Å². The van der Waals surface area contributed by atoms with Crippen LogP contribution in [0.15, 0.2) is 36.4 Å². The Labute approximate surface area is 183 Å². The number of thiophene rings is 1. The van der Waals surface area contributed by atoms with Crippen LogP contribution in [-0.2, 0) is 12.8 Å². The zero-order valence-electron chi connectivity index (χ0n) is 15.7. The van der Waals surface area contributed by atoms with Crippen LogP contribution in [0.1, 0.15) is 39.7 Å². The molecule has 0 bridgehead atoms. The average Bonchev–Trinajstić information content (AvgIpc) is 3.03. The largest absolute Gasteiger partial charge is 0.323 e. The Morgan fingerprint density at radius 2 is 2.03 bits per heavy atom. The highest BCUT2D eigenvalue weighted by molar-refractivity contribution is 7.80. The first-order valence-corrected chi connectivity index (χ1v) is 10.9. The molecule has 1 aliphatic rings. The van der Waals surface area contributed by atoms with Gasteiger partial charge >= 0.3 is 0 Å². The molecule has 1 atom stereocenters. The van der Waals surface area contributed by atoms with Gasteiger partial charge in [0.15, 0.2) is 5.11 Å². The number of hydrogen-bond donors (Lipinski definition) is 2. The molecule has 7 heteroatoms. The van der Waals surface area contributed by atoms with Crippen LogP contribution >= 0.6 is 35.2 Å². The van der Waals surface area contributed by atoms with E-state index in [0.717, 1.165) is 35.6 Å². The molecule has 0 aliphatic heterocycles. The maximum Gasteiger partial charge on any atom is 0.258 e. The summed E-state index contributed by atoms with van der Waals surface area (Å²) in [5, 5.41) is 18.5. The van der Waals surface area contributed by atoms with E-state index in [1.165, 1.54) is 4.88 Å². The van der Waals surface area contributed by atoms with Gasteiger partial charge < -0.3 is 5.32 Å². The first kappa shape index (κ1) is 19.8. The van der Waals surface area contributed by atoms with Crippen molar-refractivity contribution in [3.8, 4) is 6.07 Å². The number of hydrogen-bond acceptors (Lipinski definition) is 4. The number of carbonyl (C=O) groups excluding carboxylic acids is 1. The smallest absolute Gasteiger partial charge is 0.258 e. The van der Waals surface area contributed by atoms with E-state index in [0.29, 0.717) is 27.1 Å². The number of halogens is 1. The van der Waals surface area contributed by atoms with Crippen LogP contribution in [-0.4, -0.2) is 11.0 Å². The van der Waals surface area contributed by atoms with Gasteiger partial charge in [0.2, 0.25) is 0 Å². The van der Waals surface area contributed by atoms with E-state index < -0.39 is 0 Å². The third-order valence-corrected chi connectivity index (χ3v) is 6.89. The highest BCUT2D eigenvalue weighted by Gasteiger charge is 2.24. The van der Waals surface area contributed by atoms with Gasteiger partial charge in [-0.2, -0.15) is 5.26 Å². The predicted molar refractivity (Wildman–Crippen MR) is 123 cm³/mol. The fourth-order valence-corrected chi connectivity index (χ4v) is 5.59. The first-order valence-electron chi connectivity index (χ1n) is 9.32. The second kappa shape index (κ2) is 8.11. The molecule has 1 heterocycles. The number of carbonyl (C=O) groups is 1. The van der Waals surface area contributed by atoms with Crippen molar-refractivity contribution in [2.45, 2.75) is 26.2 Å². The van der Waals surface area contributed by atoms with Crippen molar-refractivity contribution in [2.24, 2.45) is 5.92 Å². The zero-order valence-corrected chi connectivity index (χ0v) is 18.1. The monoisotopic (exact) mass is 439 g/mol. The average molecular weight is 440 g/mol. The summed E-state index contributed by atoms with van der Waals surface area (Å²) in [4.78, 5) is 14.1. The Bertz CT molecular complexity index is 1180. The normalized spacial score (nSPS) is 15.4. The minimum atomic E-state index is -0.316. The zero-order chi connectivity index (χ0) is 20.5. The molecule has 0 saturated carbocycles. The summed E-state index contributed by atoms with van der Waals surface area (Å²) >= 11 is 13.2. The molecule has 1 aromatic heterocycles. The number of rotatable bonds is 2. The predicted octanol–water partition coefficient (Wildman–Crippen LogP) is 5.68. The molecule has 0 spiro atoms. The van der Waals surface area contributed by atoms with Gasteiger partial charge in [0, 0.05) is 20.8 Å². The number of nitrogens with zero attached hydrogens (tertiary/aromatic N) is 1. The summed E-state index contributed by atoms with van der Waals surface area (Å²) < 4.78 is 0. The number of nitrogens with one attached hydrogen (secondary N) is 2. The van der Waals surface area contributed by atoms with Crippen molar-refractivity contribution < 1.29 is 4.79 Å². The molecule has 2 aromatic carbocycles. The molecule has 0 unspecified atom stereocenters.